The van der Waals surface area contributed by atoms with Gasteiger partial charge in [-0.05, 0) is 110 Å². The zero-order valence-corrected chi connectivity index (χ0v) is 28.4. The highest BCUT2D eigenvalue weighted by Crippen LogP contribution is 2.47. The van der Waals surface area contributed by atoms with Crippen molar-refractivity contribution in [1.29, 1.82) is 0 Å². The molecule has 2 aromatic heterocycles. The van der Waals surface area contributed by atoms with Gasteiger partial charge in [-0.25, -0.2) is 4.85 Å². The van der Waals surface area contributed by atoms with Crippen LogP contribution in [0.15, 0.2) is 103 Å². The molecule has 0 aliphatic carbocycles. The van der Waals surface area contributed by atoms with E-state index in [1.165, 1.54) is 0 Å². The second-order valence-corrected chi connectivity index (χ2v) is 13.3. The van der Waals surface area contributed by atoms with Crippen molar-refractivity contribution in [3.63, 3.8) is 0 Å². The van der Waals surface area contributed by atoms with Gasteiger partial charge in [-0.3, -0.25) is 0 Å². The zero-order valence-electron chi connectivity index (χ0n) is 28.4. The molecule has 0 bridgehead atoms. The van der Waals surface area contributed by atoms with E-state index in [-0.39, 0.29) is 34.3 Å². The lowest BCUT2D eigenvalue weighted by Crippen LogP contribution is -2.12. The molecule has 0 radical (unpaired) electrons. The molecule has 6 aromatic carbocycles. The van der Waals surface area contributed by atoms with Crippen LogP contribution in [0.4, 0.5) is 32.0 Å². The Labute approximate surface area is 294 Å². The SMILES string of the molecule is [C-]#[N+]c1cc(-n2c3cccc(C)c3c3c(C)cccc32)c(-c2cc(C(F)(F)F)cc(C(F)(F)F)c2)c(-n2c3cccc(C)c3c3c(C)cccc32)c1. The van der Waals surface area contributed by atoms with Crippen LogP contribution in [0.1, 0.15) is 33.4 Å². The van der Waals surface area contributed by atoms with Crippen molar-refractivity contribution in [2.75, 3.05) is 0 Å². The molecule has 0 atom stereocenters. The van der Waals surface area contributed by atoms with Gasteiger partial charge in [0.25, 0.3) is 0 Å². The molecule has 8 rings (SSSR count). The molecule has 0 spiro atoms. The third kappa shape index (κ3) is 4.96. The fourth-order valence-electron chi connectivity index (χ4n) is 7.84. The fourth-order valence-corrected chi connectivity index (χ4v) is 7.84. The van der Waals surface area contributed by atoms with Crippen LogP contribution in [0, 0.1) is 34.3 Å². The predicted octanol–water partition coefficient (Wildman–Crippen LogP) is 13.4. The van der Waals surface area contributed by atoms with E-state index in [1.54, 1.807) is 12.1 Å². The maximum absolute atomic E-state index is 14.5. The smallest absolute Gasteiger partial charge is 0.310 e. The van der Waals surface area contributed by atoms with Gasteiger partial charge in [-0.1, -0.05) is 48.5 Å². The summed E-state index contributed by atoms with van der Waals surface area (Å²) in [6, 6.07) is 27.7. The molecule has 0 saturated heterocycles. The van der Waals surface area contributed by atoms with Crippen LogP contribution in [0.3, 0.4) is 0 Å². The molecule has 0 fully saturated rings. The summed E-state index contributed by atoms with van der Waals surface area (Å²) >= 11 is 0. The lowest BCUT2D eigenvalue weighted by Gasteiger charge is -2.23. The number of benzene rings is 6. The fraction of sp³-hybridized carbons (Fsp3) is 0.140. The zero-order chi connectivity index (χ0) is 36.9. The first-order chi connectivity index (χ1) is 24.7. The van der Waals surface area contributed by atoms with Crippen molar-refractivity contribution in [2.24, 2.45) is 0 Å². The number of fused-ring (bicyclic) bond motifs is 6. The van der Waals surface area contributed by atoms with Crippen molar-refractivity contribution in [1.82, 2.24) is 9.13 Å². The molecule has 3 nitrogen and oxygen atoms in total. The summed E-state index contributed by atoms with van der Waals surface area (Å²) in [4.78, 5) is 3.81. The molecule has 8 aromatic rings. The summed E-state index contributed by atoms with van der Waals surface area (Å²) < 4.78 is 90.8. The Bertz CT molecular complexity index is 2530. The Balaban J connectivity index is 1.66. The largest absolute Gasteiger partial charge is 0.416 e. The molecule has 52 heavy (non-hydrogen) atoms. The summed E-state index contributed by atoms with van der Waals surface area (Å²) in [5.74, 6) is 0. The van der Waals surface area contributed by atoms with Crippen molar-refractivity contribution < 1.29 is 26.3 Å². The van der Waals surface area contributed by atoms with Crippen LogP contribution in [0.5, 0.6) is 0 Å². The van der Waals surface area contributed by atoms with E-state index in [4.69, 9.17) is 6.57 Å². The lowest BCUT2D eigenvalue weighted by molar-refractivity contribution is -0.143. The van der Waals surface area contributed by atoms with Crippen molar-refractivity contribution >= 4 is 49.3 Å². The third-order valence-corrected chi connectivity index (χ3v) is 10.0. The maximum atomic E-state index is 14.5. The van der Waals surface area contributed by atoms with Crippen LogP contribution in [-0.4, -0.2) is 9.13 Å². The minimum atomic E-state index is -5.07. The first-order valence-electron chi connectivity index (χ1n) is 16.5. The normalized spacial score (nSPS) is 12.4. The number of aryl methyl sites for hydroxylation is 4. The van der Waals surface area contributed by atoms with Crippen molar-refractivity contribution in [3.05, 3.63) is 148 Å². The molecule has 0 amide bonds. The molecule has 0 aliphatic rings. The summed E-state index contributed by atoms with van der Waals surface area (Å²) in [6.45, 7) is 16.0. The first kappa shape index (κ1) is 33.2. The second-order valence-electron chi connectivity index (χ2n) is 13.3. The minimum absolute atomic E-state index is 0.118. The van der Waals surface area contributed by atoms with Gasteiger partial charge in [-0.2, -0.15) is 26.3 Å². The van der Waals surface area contributed by atoms with Crippen LogP contribution in [-0.2, 0) is 12.4 Å². The van der Waals surface area contributed by atoms with E-state index in [9.17, 15) is 26.3 Å². The van der Waals surface area contributed by atoms with Crippen LogP contribution in [0.2, 0.25) is 0 Å². The van der Waals surface area contributed by atoms with E-state index in [0.29, 0.717) is 22.1 Å². The Hall–Kier alpha value is -6.01. The number of rotatable bonds is 3. The molecular formula is C43H29F6N3. The number of hydrogen-bond acceptors (Lipinski definition) is 0. The van der Waals surface area contributed by atoms with Crippen molar-refractivity contribution in [2.45, 2.75) is 40.0 Å². The Morgan fingerprint density at radius 3 is 1.10 bits per heavy atom. The molecule has 9 heteroatoms. The molecule has 0 aliphatic heterocycles. The lowest BCUT2D eigenvalue weighted by atomic mass is 9.95. The summed E-state index contributed by atoms with van der Waals surface area (Å²) in [7, 11) is 0. The van der Waals surface area contributed by atoms with Gasteiger partial charge in [0.15, 0.2) is 5.69 Å². The quantitative estimate of drug-likeness (QED) is 0.129. The van der Waals surface area contributed by atoms with Gasteiger partial charge in [0.05, 0.1) is 39.8 Å². The topological polar surface area (TPSA) is 14.2 Å². The molecule has 0 unspecified atom stereocenters. The van der Waals surface area contributed by atoms with E-state index in [0.717, 1.165) is 55.9 Å². The average molecular weight is 702 g/mol. The van der Waals surface area contributed by atoms with E-state index in [2.05, 4.69) is 4.85 Å². The van der Waals surface area contributed by atoms with Crippen molar-refractivity contribution in [3.8, 4) is 22.5 Å². The standard InChI is InChI=1S/C43H29F6N3/c1-23-10-6-14-31-37(23)38-24(2)11-7-15-32(38)51(31)35-21-30(50-5)22-36(41(35)27-18-28(42(44,45)46)20-29(19-27)43(47,48)49)52-33-16-8-12-25(3)39(33)40-26(4)13-9-17-34(40)52/h6-22H,1-4H3. The second kappa shape index (κ2) is 11.5. The molecule has 0 N–H and O–H groups in total. The first-order valence-corrected chi connectivity index (χ1v) is 16.5. The predicted molar refractivity (Wildman–Crippen MR) is 196 cm³/mol. The van der Waals surface area contributed by atoms with Crippen LogP contribution in [0.25, 0.3) is 71.0 Å². The Morgan fingerprint density at radius 2 is 0.808 bits per heavy atom. The third-order valence-electron chi connectivity index (χ3n) is 10.0. The summed E-state index contributed by atoms with van der Waals surface area (Å²) in [6.07, 6.45) is -10.1. The highest BCUT2D eigenvalue weighted by molar-refractivity contribution is 6.15. The van der Waals surface area contributed by atoms with Gasteiger partial charge in [0.2, 0.25) is 0 Å². The minimum Gasteiger partial charge on any atom is -0.310 e. The van der Waals surface area contributed by atoms with Gasteiger partial charge >= 0.3 is 12.4 Å². The van der Waals surface area contributed by atoms with Crippen LogP contribution < -0.4 is 0 Å². The number of aromatic nitrogens is 2. The molecular weight excluding hydrogens is 672 g/mol. The number of halogens is 6. The summed E-state index contributed by atoms with van der Waals surface area (Å²) in [5, 5.41) is 3.61. The molecule has 2 heterocycles. The number of alkyl halides is 6. The van der Waals surface area contributed by atoms with E-state index >= 15 is 0 Å². The Kier molecular flexibility index (Phi) is 7.33. The van der Waals surface area contributed by atoms with E-state index < -0.39 is 23.5 Å². The molecule has 258 valence electrons. The average Bonchev–Trinajstić information content (AvgIpc) is 3.63. The van der Waals surface area contributed by atoms with Gasteiger partial charge in [0.1, 0.15) is 0 Å². The Morgan fingerprint density at radius 1 is 0.481 bits per heavy atom. The number of nitrogens with zero attached hydrogens (tertiary/aromatic N) is 3. The van der Waals surface area contributed by atoms with Gasteiger partial charge < -0.3 is 9.13 Å². The van der Waals surface area contributed by atoms with Gasteiger partial charge in [0, 0.05) is 38.5 Å². The van der Waals surface area contributed by atoms with Gasteiger partial charge in [-0.15, -0.1) is 0 Å². The van der Waals surface area contributed by atoms with E-state index in [1.807, 2.05) is 110 Å². The monoisotopic (exact) mass is 701 g/mol. The molecule has 0 saturated carbocycles. The summed E-state index contributed by atoms with van der Waals surface area (Å²) in [5.41, 5.74) is 4.33. The maximum Gasteiger partial charge on any atom is 0.416 e. The van der Waals surface area contributed by atoms with Crippen LogP contribution >= 0.6 is 0 Å². The number of hydrogen-bond donors (Lipinski definition) is 0. The highest BCUT2D eigenvalue weighted by Gasteiger charge is 2.38. The highest BCUT2D eigenvalue weighted by atomic mass is 19.4.